The van der Waals surface area contributed by atoms with Gasteiger partial charge in [-0.15, -0.1) is 0 Å². The highest BCUT2D eigenvalue weighted by molar-refractivity contribution is 5.94. The van der Waals surface area contributed by atoms with E-state index in [2.05, 4.69) is 20.9 Å². The van der Waals surface area contributed by atoms with Crippen LogP contribution in [0.3, 0.4) is 0 Å². The van der Waals surface area contributed by atoms with Crippen molar-refractivity contribution < 1.29 is 34.2 Å². The van der Waals surface area contributed by atoms with Crippen molar-refractivity contribution in [1.82, 2.24) is 16.0 Å². The number of guanidine groups is 1. The Bertz CT molecular complexity index is 755. The lowest BCUT2D eigenvalue weighted by molar-refractivity contribution is -0.143. The van der Waals surface area contributed by atoms with Gasteiger partial charge in [0.25, 0.3) is 0 Å². The molecule has 194 valence electrons. The van der Waals surface area contributed by atoms with E-state index in [4.69, 9.17) is 22.9 Å². The average molecular weight is 489 g/mol. The maximum atomic E-state index is 12.7. The summed E-state index contributed by atoms with van der Waals surface area (Å²) in [5.41, 5.74) is 21.1. The molecule has 0 aliphatic heterocycles. The Morgan fingerprint density at radius 2 is 1.47 bits per heavy atom. The first-order valence-electron chi connectivity index (χ1n) is 10.6. The van der Waals surface area contributed by atoms with Crippen LogP contribution in [0.4, 0.5) is 0 Å². The summed E-state index contributed by atoms with van der Waals surface area (Å²) in [5.74, 6) is -4.98. The van der Waals surface area contributed by atoms with Crippen molar-refractivity contribution in [1.29, 1.82) is 0 Å². The van der Waals surface area contributed by atoms with Gasteiger partial charge in [0.15, 0.2) is 5.96 Å². The van der Waals surface area contributed by atoms with Crippen LogP contribution in [0, 0.1) is 5.92 Å². The zero-order chi connectivity index (χ0) is 26.4. The monoisotopic (exact) mass is 488 g/mol. The predicted octanol–water partition coefficient (Wildman–Crippen LogP) is -4.18. The van der Waals surface area contributed by atoms with E-state index in [-0.39, 0.29) is 38.2 Å². The van der Waals surface area contributed by atoms with Crippen molar-refractivity contribution in [2.24, 2.45) is 33.8 Å². The fourth-order valence-electron chi connectivity index (χ4n) is 2.71. The lowest BCUT2D eigenvalue weighted by Gasteiger charge is -2.26. The number of carboxylic acids is 1. The molecule has 0 radical (unpaired) electrons. The molecule has 0 heterocycles. The molecule has 13 N–H and O–H groups in total. The Balaban J connectivity index is 5.12. The van der Waals surface area contributed by atoms with E-state index in [1.807, 2.05) is 0 Å². The summed E-state index contributed by atoms with van der Waals surface area (Å²) in [7, 11) is 0. The molecule has 4 unspecified atom stereocenters. The smallest absolute Gasteiger partial charge is 0.326 e. The highest BCUT2D eigenvalue weighted by atomic mass is 16.4. The summed E-state index contributed by atoms with van der Waals surface area (Å²) in [5, 5.41) is 25.9. The first-order chi connectivity index (χ1) is 15.8. The van der Waals surface area contributed by atoms with Crippen LogP contribution in [0.25, 0.3) is 0 Å². The Kier molecular flexibility index (Phi) is 13.8. The summed E-state index contributed by atoms with van der Waals surface area (Å²) >= 11 is 0. The fourth-order valence-corrected chi connectivity index (χ4v) is 2.71. The van der Waals surface area contributed by atoms with Gasteiger partial charge in [-0.25, -0.2) is 4.79 Å². The molecule has 0 aliphatic rings. The SMILES string of the molecule is CC(C)C(NC(=O)C(CO)NC(=O)C(N)CCC(N)=O)C(=O)NC(CCCN=C(N)N)C(=O)O. The summed E-state index contributed by atoms with van der Waals surface area (Å²) in [6.45, 7) is 2.61. The predicted molar refractivity (Wildman–Crippen MR) is 122 cm³/mol. The van der Waals surface area contributed by atoms with Gasteiger partial charge in [-0.05, 0) is 25.2 Å². The number of hydrogen-bond acceptors (Lipinski definition) is 8. The summed E-state index contributed by atoms with van der Waals surface area (Å²) in [6, 6.07) is -5.00. The number of carbonyl (C=O) groups is 5. The van der Waals surface area contributed by atoms with Crippen molar-refractivity contribution in [3.63, 3.8) is 0 Å². The van der Waals surface area contributed by atoms with Crippen LogP contribution in [0.15, 0.2) is 4.99 Å². The molecule has 0 bridgehead atoms. The van der Waals surface area contributed by atoms with Crippen molar-refractivity contribution in [3.05, 3.63) is 0 Å². The number of aliphatic carboxylic acids is 1. The van der Waals surface area contributed by atoms with Crippen LogP contribution in [-0.2, 0) is 24.0 Å². The summed E-state index contributed by atoms with van der Waals surface area (Å²) in [4.78, 5) is 63.5. The third-order valence-corrected chi connectivity index (χ3v) is 4.66. The van der Waals surface area contributed by atoms with Gasteiger partial charge in [-0.1, -0.05) is 13.8 Å². The van der Waals surface area contributed by atoms with E-state index in [9.17, 15) is 34.2 Å². The fraction of sp³-hybridized carbons (Fsp3) is 0.684. The Hall–Kier alpha value is -3.46. The quantitative estimate of drug-likeness (QED) is 0.0573. The lowest BCUT2D eigenvalue weighted by atomic mass is 10.0. The molecule has 15 nitrogen and oxygen atoms in total. The largest absolute Gasteiger partial charge is 0.480 e. The molecule has 0 saturated heterocycles. The van der Waals surface area contributed by atoms with Crippen LogP contribution in [0.5, 0.6) is 0 Å². The van der Waals surface area contributed by atoms with Gasteiger partial charge in [0, 0.05) is 13.0 Å². The first kappa shape index (κ1) is 30.5. The average Bonchev–Trinajstić information content (AvgIpc) is 2.74. The van der Waals surface area contributed by atoms with Gasteiger partial charge in [0.1, 0.15) is 18.1 Å². The van der Waals surface area contributed by atoms with E-state index in [0.29, 0.717) is 0 Å². The second-order valence-electron chi connectivity index (χ2n) is 7.93. The molecule has 4 amide bonds. The molecule has 0 aromatic carbocycles. The minimum atomic E-state index is -1.43. The number of primary amides is 1. The highest BCUT2D eigenvalue weighted by Crippen LogP contribution is 2.06. The zero-order valence-electron chi connectivity index (χ0n) is 19.3. The maximum Gasteiger partial charge on any atom is 0.326 e. The number of aliphatic hydroxyl groups is 1. The Morgan fingerprint density at radius 1 is 0.882 bits per heavy atom. The minimum Gasteiger partial charge on any atom is -0.480 e. The molecule has 34 heavy (non-hydrogen) atoms. The van der Waals surface area contributed by atoms with E-state index < -0.39 is 66.3 Å². The number of rotatable bonds is 16. The highest BCUT2D eigenvalue weighted by Gasteiger charge is 2.31. The number of aliphatic hydroxyl groups excluding tert-OH is 1. The number of carbonyl (C=O) groups excluding carboxylic acids is 4. The van der Waals surface area contributed by atoms with E-state index >= 15 is 0 Å². The minimum absolute atomic E-state index is 0.0368. The third-order valence-electron chi connectivity index (χ3n) is 4.66. The number of amides is 4. The van der Waals surface area contributed by atoms with E-state index in [0.717, 1.165) is 0 Å². The number of aliphatic imine (C=N–C) groups is 1. The number of nitrogens with one attached hydrogen (secondary N) is 3. The molecule has 0 saturated carbocycles. The van der Waals surface area contributed by atoms with Crippen molar-refractivity contribution in [2.75, 3.05) is 13.2 Å². The van der Waals surface area contributed by atoms with Gasteiger partial charge in [-0.3, -0.25) is 24.2 Å². The number of carboxylic acid groups (broad SMARTS) is 1. The summed E-state index contributed by atoms with van der Waals surface area (Å²) in [6.07, 6.45) is 0.117. The molecule has 15 heteroatoms. The maximum absolute atomic E-state index is 12.7. The normalized spacial score (nSPS) is 14.3. The van der Waals surface area contributed by atoms with E-state index in [1.165, 1.54) is 0 Å². The Labute approximate surface area is 197 Å². The van der Waals surface area contributed by atoms with Gasteiger partial charge in [0.2, 0.25) is 23.6 Å². The van der Waals surface area contributed by atoms with Crippen LogP contribution in [-0.4, -0.2) is 83.1 Å². The standard InChI is InChI=1S/C19H36N8O7/c1-9(2)14(17(32)25-11(18(33)34)4-3-7-24-19(22)23)27-16(31)12(8-28)26-15(30)10(20)5-6-13(21)29/h9-12,14,28H,3-8,20H2,1-2H3,(H2,21,29)(H,25,32)(H,26,30)(H,27,31)(H,33,34)(H4,22,23,24). The van der Waals surface area contributed by atoms with Crippen LogP contribution < -0.4 is 38.9 Å². The van der Waals surface area contributed by atoms with Gasteiger partial charge in [0.05, 0.1) is 12.6 Å². The first-order valence-corrected chi connectivity index (χ1v) is 10.6. The Morgan fingerprint density at radius 3 is 1.94 bits per heavy atom. The third kappa shape index (κ3) is 12.0. The molecule has 4 atom stereocenters. The van der Waals surface area contributed by atoms with Crippen molar-refractivity contribution >= 4 is 35.6 Å². The van der Waals surface area contributed by atoms with Crippen LogP contribution in [0.1, 0.15) is 39.5 Å². The molecule has 0 rings (SSSR count). The topological polar surface area (TPSA) is 278 Å². The van der Waals surface area contributed by atoms with Gasteiger partial charge >= 0.3 is 5.97 Å². The van der Waals surface area contributed by atoms with E-state index in [1.54, 1.807) is 13.8 Å². The second kappa shape index (κ2) is 15.4. The molecule has 0 aromatic rings. The molecular formula is C19H36N8O7. The number of nitrogens with two attached hydrogens (primary N) is 4. The molecule has 0 spiro atoms. The lowest BCUT2D eigenvalue weighted by Crippen LogP contribution is -2.59. The molecule has 0 aromatic heterocycles. The molecule has 0 fully saturated rings. The molecule has 0 aliphatic carbocycles. The van der Waals surface area contributed by atoms with Gasteiger partial charge < -0.3 is 49.1 Å². The second-order valence-corrected chi connectivity index (χ2v) is 7.93. The van der Waals surface area contributed by atoms with Gasteiger partial charge in [-0.2, -0.15) is 0 Å². The number of nitrogens with zero attached hydrogens (tertiary/aromatic N) is 1. The molecular weight excluding hydrogens is 452 g/mol. The van der Waals surface area contributed by atoms with Crippen LogP contribution in [0.2, 0.25) is 0 Å². The van der Waals surface area contributed by atoms with Crippen molar-refractivity contribution in [3.8, 4) is 0 Å². The zero-order valence-corrected chi connectivity index (χ0v) is 19.3. The van der Waals surface area contributed by atoms with Crippen LogP contribution >= 0.6 is 0 Å². The summed E-state index contributed by atoms with van der Waals surface area (Å²) < 4.78 is 0. The number of hydrogen-bond donors (Lipinski definition) is 9. The van der Waals surface area contributed by atoms with Crippen molar-refractivity contribution in [2.45, 2.75) is 63.7 Å².